The summed E-state index contributed by atoms with van der Waals surface area (Å²) < 4.78 is 0. The van der Waals surface area contributed by atoms with Crippen LogP contribution < -0.4 is 10.6 Å². The van der Waals surface area contributed by atoms with Crippen LogP contribution in [-0.2, 0) is 0 Å². The molecule has 0 aromatic heterocycles. The molecule has 1 atom stereocenters. The van der Waals surface area contributed by atoms with Crippen LogP contribution in [0.15, 0.2) is 60.7 Å². The van der Waals surface area contributed by atoms with Gasteiger partial charge in [0.25, 0.3) is 0 Å². The van der Waals surface area contributed by atoms with Gasteiger partial charge in [-0.25, -0.2) is 0 Å². The fourth-order valence-electron chi connectivity index (χ4n) is 1.83. The Morgan fingerprint density at radius 3 is 1.65 bits per heavy atom. The van der Waals surface area contributed by atoms with E-state index < -0.39 is 7.92 Å². The fraction of sp³-hybridized carbons (Fsp3) is 0.200. The summed E-state index contributed by atoms with van der Waals surface area (Å²) in [6, 6.07) is 21.2. The van der Waals surface area contributed by atoms with Crippen molar-refractivity contribution in [1.82, 2.24) is 0 Å². The zero-order valence-electron chi connectivity index (χ0n) is 9.88. The van der Waals surface area contributed by atoms with Crippen LogP contribution in [0.1, 0.15) is 13.3 Å². The lowest BCUT2D eigenvalue weighted by Crippen LogP contribution is -2.17. The summed E-state index contributed by atoms with van der Waals surface area (Å²) in [6.07, 6.45) is 0.997. The van der Waals surface area contributed by atoms with Gasteiger partial charge in [-0.3, -0.25) is 0 Å². The highest BCUT2D eigenvalue weighted by molar-refractivity contribution is 7.75. The van der Waals surface area contributed by atoms with Gasteiger partial charge in [-0.2, -0.15) is 0 Å². The Morgan fingerprint density at radius 1 is 0.882 bits per heavy atom. The Morgan fingerprint density at radius 2 is 1.29 bits per heavy atom. The maximum Gasteiger partial charge on any atom is 0.0613 e. The third-order valence-corrected chi connectivity index (χ3v) is 6.21. The molecule has 0 saturated heterocycles. The Hall–Kier alpha value is -0.840. The van der Waals surface area contributed by atoms with E-state index in [-0.39, 0.29) is 5.12 Å². The molecular formula is C15H16ClP. The lowest BCUT2D eigenvalue weighted by atomic mass is 10.4. The van der Waals surface area contributed by atoms with Gasteiger partial charge in [0.05, 0.1) is 5.12 Å². The molecule has 0 bridgehead atoms. The number of alkyl halides is 1. The van der Waals surface area contributed by atoms with Crippen molar-refractivity contribution in [3.63, 3.8) is 0 Å². The molecule has 2 heteroatoms. The van der Waals surface area contributed by atoms with Gasteiger partial charge in [-0.05, 0) is 25.0 Å². The van der Waals surface area contributed by atoms with E-state index in [2.05, 4.69) is 67.6 Å². The predicted octanol–water partition coefficient (Wildman–Crippen LogP) is 4.09. The molecular weight excluding hydrogens is 247 g/mol. The molecule has 0 fully saturated rings. The van der Waals surface area contributed by atoms with E-state index in [9.17, 15) is 0 Å². The molecule has 0 nitrogen and oxygen atoms in total. The second-order valence-electron chi connectivity index (χ2n) is 3.88. The monoisotopic (exact) mass is 262 g/mol. The zero-order valence-corrected chi connectivity index (χ0v) is 11.5. The molecule has 0 amide bonds. The molecule has 88 valence electrons. The number of benzene rings is 2. The van der Waals surface area contributed by atoms with Crippen LogP contribution >= 0.6 is 19.5 Å². The summed E-state index contributed by atoms with van der Waals surface area (Å²) in [4.78, 5) is 0. The van der Waals surface area contributed by atoms with Gasteiger partial charge in [0, 0.05) is 0 Å². The second kappa shape index (κ2) is 6.19. The number of rotatable bonds is 4. The summed E-state index contributed by atoms with van der Waals surface area (Å²) in [5.41, 5.74) is 0. The molecule has 0 radical (unpaired) electrons. The van der Waals surface area contributed by atoms with Crippen LogP contribution in [0.25, 0.3) is 0 Å². The van der Waals surface area contributed by atoms with Gasteiger partial charge in [-0.15, -0.1) is 11.6 Å². The molecule has 0 spiro atoms. The zero-order chi connectivity index (χ0) is 12.1. The topological polar surface area (TPSA) is 0 Å². The maximum absolute atomic E-state index is 6.53. The second-order valence-corrected chi connectivity index (χ2v) is 7.11. The van der Waals surface area contributed by atoms with Gasteiger partial charge < -0.3 is 0 Å². The third kappa shape index (κ3) is 3.09. The van der Waals surface area contributed by atoms with Gasteiger partial charge in [0.2, 0.25) is 0 Å². The molecule has 2 aromatic rings. The van der Waals surface area contributed by atoms with Crippen LogP contribution in [-0.4, -0.2) is 5.12 Å². The van der Waals surface area contributed by atoms with E-state index in [0.717, 1.165) is 6.42 Å². The van der Waals surface area contributed by atoms with Crippen molar-refractivity contribution >= 4 is 30.1 Å². The number of hydrogen-bond acceptors (Lipinski definition) is 0. The molecule has 0 N–H and O–H groups in total. The van der Waals surface area contributed by atoms with E-state index in [1.807, 2.05) is 0 Å². The van der Waals surface area contributed by atoms with Gasteiger partial charge in [-0.1, -0.05) is 67.6 Å². The average molecular weight is 263 g/mol. The fourth-order valence-corrected chi connectivity index (χ4v) is 4.81. The molecule has 2 rings (SSSR count). The van der Waals surface area contributed by atoms with Crippen molar-refractivity contribution in [1.29, 1.82) is 0 Å². The largest absolute Gasteiger partial charge is 0.117 e. The Bertz CT molecular complexity index is 401. The van der Waals surface area contributed by atoms with Crippen molar-refractivity contribution in [3.8, 4) is 0 Å². The van der Waals surface area contributed by atoms with Crippen molar-refractivity contribution < 1.29 is 0 Å². The molecule has 2 aromatic carbocycles. The molecule has 0 aliphatic carbocycles. The summed E-state index contributed by atoms with van der Waals surface area (Å²) >= 11 is 6.53. The van der Waals surface area contributed by atoms with Crippen molar-refractivity contribution in [2.24, 2.45) is 0 Å². The molecule has 0 aliphatic heterocycles. The van der Waals surface area contributed by atoms with E-state index in [0.29, 0.717) is 0 Å². The first-order valence-electron chi connectivity index (χ1n) is 5.86. The van der Waals surface area contributed by atoms with Gasteiger partial charge >= 0.3 is 0 Å². The number of hydrogen-bond donors (Lipinski definition) is 0. The van der Waals surface area contributed by atoms with Crippen molar-refractivity contribution in [2.45, 2.75) is 18.5 Å². The minimum atomic E-state index is -0.447. The highest BCUT2D eigenvalue weighted by atomic mass is 35.5. The van der Waals surface area contributed by atoms with Crippen LogP contribution in [0.3, 0.4) is 0 Å². The Labute approximate surface area is 109 Å². The normalized spacial score (nSPS) is 12.6. The summed E-state index contributed by atoms with van der Waals surface area (Å²) in [7, 11) is -0.447. The molecule has 1 unspecified atom stereocenters. The third-order valence-electron chi connectivity index (χ3n) is 2.69. The smallest absolute Gasteiger partial charge is 0.0613 e. The molecule has 0 saturated carbocycles. The first-order chi connectivity index (χ1) is 8.33. The first-order valence-corrected chi connectivity index (χ1v) is 7.71. The van der Waals surface area contributed by atoms with E-state index in [4.69, 9.17) is 11.6 Å². The van der Waals surface area contributed by atoms with Crippen LogP contribution in [0.4, 0.5) is 0 Å². The van der Waals surface area contributed by atoms with E-state index in [1.165, 1.54) is 10.6 Å². The highest BCUT2D eigenvalue weighted by Crippen LogP contribution is 2.42. The minimum absolute atomic E-state index is 0.204. The summed E-state index contributed by atoms with van der Waals surface area (Å²) in [5.74, 6) is 0. The standard InChI is InChI=1S/C15H16ClP/c1-2-15(16)17(13-9-5-3-6-10-13)14-11-7-4-8-12-14/h3-12,15H,2H2,1H3. The van der Waals surface area contributed by atoms with Crippen LogP contribution in [0, 0.1) is 0 Å². The molecule has 0 aliphatic rings. The van der Waals surface area contributed by atoms with Crippen molar-refractivity contribution in [2.75, 3.05) is 0 Å². The number of halogens is 1. The Kier molecular flexibility index (Phi) is 4.59. The quantitative estimate of drug-likeness (QED) is 0.575. The lowest BCUT2D eigenvalue weighted by Gasteiger charge is -2.22. The first kappa shape index (κ1) is 12.6. The predicted molar refractivity (Wildman–Crippen MR) is 79.0 cm³/mol. The Balaban J connectivity index is 2.39. The highest BCUT2D eigenvalue weighted by Gasteiger charge is 2.20. The maximum atomic E-state index is 6.53. The SMILES string of the molecule is CCC(Cl)P(c1ccccc1)c1ccccc1. The summed E-state index contributed by atoms with van der Waals surface area (Å²) in [6.45, 7) is 2.15. The van der Waals surface area contributed by atoms with Crippen LogP contribution in [0.5, 0.6) is 0 Å². The van der Waals surface area contributed by atoms with E-state index in [1.54, 1.807) is 0 Å². The molecule has 17 heavy (non-hydrogen) atoms. The minimum Gasteiger partial charge on any atom is -0.117 e. The lowest BCUT2D eigenvalue weighted by molar-refractivity contribution is 1.04. The average Bonchev–Trinajstić information content (AvgIpc) is 2.41. The van der Waals surface area contributed by atoms with Gasteiger partial charge in [0.15, 0.2) is 0 Å². The van der Waals surface area contributed by atoms with E-state index >= 15 is 0 Å². The van der Waals surface area contributed by atoms with Crippen molar-refractivity contribution in [3.05, 3.63) is 60.7 Å². The van der Waals surface area contributed by atoms with Gasteiger partial charge in [0.1, 0.15) is 0 Å². The van der Waals surface area contributed by atoms with Crippen LogP contribution in [0.2, 0.25) is 0 Å². The molecule has 0 heterocycles. The summed E-state index contributed by atoms with van der Waals surface area (Å²) in [5, 5.41) is 2.92.